The number of benzene rings is 1. The molecule has 4 rings (SSSR count). The summed E-state index contributed by atoms with van der Waals surface area (Å²) in [5.41, 5.74) is 2.07. The summed E-state index contributed by atoms with van der Waals surface area (Å²) in [5.74, 6) is 0. The third-order valence-corrected chi connectivity index (χ3v) is 3.96. The number of hydrogen-bond donors (Lipinski definition) is 1. The molecule has 3 aliphatic rings. The molecule has 3 aliphatic heterocycles. The van der Waals surface area contributed by atoms with Crippen LogP contribution in [0.25, 0.3) is 0 Å². The molecule has 5 nitrogen and oxygen atoms in total. The second kappa shape index (κ2) is 5.00. The van der Waals surface area contributed by atoms with Crippen molar-refractivity contribution in [3.05, 3.63) is 29.8 Å². The van der Waals surface area contributed by atoms with Crippen molar-refractivity contribution in [3.63, 3.8) is 0 Å². The third kappa shape index (κ3) is 2.96. The first kappa shape index (κ1) is 12.6. The summed E-state index contributed by atoms with van der Waals surface area (Å²) in [6.07, 6.45) is 0.200. The highest BCUT2D eigenvalue weighted by molar-refractivity contribution is 5.48. The van der Waals surface area contributed by atoms with Crippen molar-refractivity contribution in [2.24, 2.45) is 0 Å². The Morgan fingerprint density at radius 1 is 1.00 bits per heavy atom. The Kier molecular flexibility index (Phi) is 3.15. The topological polar surface area (TPSA) is 61.1 Å². The van der Waals surface area contributed by atoms with Gasteiger partial charge in [0.05, 0.1) is 32.0 Å². The van der Waals surface area contributed by atoms with Crippen molar-refractivity contribution < 1.29 is 19.3 Å². The maximum absolute atomic E-state index is 10.0. The van der Waals surface area contributed by atoms with Gasteiger partial charge in [0.1, 0.15) is 12.2 Å². The predicted molar refractivity (Wildman–Crippen MR) is 72.8 cm³/mol. The number of rotatable bonds is 7. The number of epoxide rings is 3. The predicted octanol–water partition coefficient (Wildman–Crippen LogP) is 0.723. The molecule has 3 saturated heterocycles. The lowest BCUT2D eigenvalue weighted by Crippen LogP contribution is -2.31. The van der Waals surface area contributed by atoms with Gasteiger partial charge in [-0.3, -0.25) is 0 Å². The second-order valence-electron chi connectivity index (χ2n) is 5.72. The van der Waals surface area contributed by atoms with Crippen LogP contribution >= 0.6 is 0 Å². The van der Waals surface area contributed by atoms with Gasteiger partial charge < -0.3 is 24.2 Å². The molecule has 1 unspecified atom stereocenters. The van der Waals surface area contributed by atoms with E-state index in [0.717, 1.165) is 37.6 Å². The highest BCUT2D eigenvalue weighted by Gasteiger charge is 2.33. The van der Waals surface area contributed by atoms with E-state index in [-0.39, 0.29) is 6.10 Å². The summed E-state index contributed by atoms with van der Waals surface area (Å²) >= 11 is 0. The molecular formula is C15H19NO4. The van der Waals surface area contributed by atoms with Crippen LogP contribution in [0.1, 0.15) is 11.7 Å². The number of anilines is 1. The highest BCUT2D eigenvalue weighted by Crippen LogP contribution is 2.29. The second-order valence-corrected chi connectivity index (χ2v) is 5.72. The minimum Gasteiger partial charge on any atom is -0.386 e. The molecule has 0 radical (unpaired) electrons. The van der Waals surface area contributed by atoms with E-state index >= 15 is 0 Å². The Morgan fingerprint density at radius 3 is 2.00 bits per heavy atom. The largest absolute Gasteiger partial charge is 0.386 e. The maximum atomic E-state index is 10.0. The normalized spacial score (nSPS) is 31.8. The number of nitrogens with zero attached hydrogens (tertiary/aromatic N) is 1. The highest BCUT2D eigenvalue weighted by atomic mass is 16.6. The van der Waals surface area contributed by atoms with E-state index in [0.29, 0.717) is 18.8 Å². The first-order valence-electron chi connectivity index (χ1n) is 7.17. The van der Waals surface area contributed by atoms with E-state index in [1.54, 1.807) is 0 Å². The average Bonchev–Trinajstić information content (AvgIpc) is 3.30. The molecular weight excluding hydrogens is 258 g/mol. The van der Waals surface area contributed by atoms with E-state index in [1.807, 2.05) is 12.1 Å². The summed E-state index contributed by atoms with van der Waals surface area (Å²) in [5, 5.41) is 10.0. The maximum Gasteiger partial charge on any atom is 0.111 e. The van der Waals surface area contributed by atoms with Gasteiger partial charge in [-0.1, -0.05) is 12.1 Å². The molecule has 108 valence electrons. The van der Waals surface area contributed by atoms with E-state index in [1.165, 1.54) is 0 Å². The molecule has 0 aromatic heterocycles. The van der Waals surface area contributed by atoms with Crippen molar-refractivity contribution in [2.75, 3.05) is 37.8 Å². The zero-order chi connectivity index (χ0) is 13.5. The lowest BCUT2D eigenvalue weighted by Gasteiger charge is -2.23. The van der Waals surface area contributed by atoms with E-state index in [2.05, 4.69) is 17.0 Å². The minimum absolute atomic E-state index is 0.0170. The molecule has 3 heterocycles. The number of aliphatic hydroxyl groups excluding tert-OH is 1. The van der Waals surface area contributed by atoms with Crippen LogP contribution in [0.15, 0.2) is 24.3 Å². The molecule has 20 heavy (non-hydrogen) atoms. The lowest BCUT2D eigenvalue weighted by atomic mass is 10.1. The van der Waals surface area contributed by atoms with Crippen molar-refractivity contribution in [3.8, 4) is 0 Å². The van der Waals surface area contributed by atoms with Crippen LogP contribution < -0.4 is 4.90 Å². The quantitative estimate of drug-likeness (QED) is 0.744. The Balaban J connectivity index is 1.46. The molecule has 1 aromatic rings. The summed E-state index contributed by atoms with van der Waals surface area (Å²) in [4.78, 5) is 2.30. The fourth-order valence-electron chi connectivity index (χ4n) is 2.46. The zero-order valence-corrected chi connectivity index (χ0v) is 11.3. The Hall–Kier alpha value is -1.14. The summed E-state index contributed by atoms with van der Waals surface area (Å²) in [6, 6.07) is 8.09. The smallest absolute Gasteiger partial charge is 0.111 e. The fraction of sp³-hybridized carbons (Fsp3) is 0.600. The van der Waals surface area contributed by atoms with E-state index in [4.69, 9.17) is 14.2 Å². The summed E-state index contributed by atoms with van der Waals surface area (Å²) in [6.45, 7) is 4.20. The van der Waals surface area contributed by atoms with Gasteiger partial charge in [0.2, 0.25) is 0 Å². The van der Waals surface area contributed by atoms with Crippen LogP contribution in [-0.4, -0.2) is 56.3 Å². The molecule has 5 heteroatoms. The molecule has 0 bridgehead atoms. The average molecular weight is 277 g/mol. The van der Waals surface area contributed by atoms with Gasteiger partial charge in [-0.05, 0) is 17.7 Å². The van der Waals surface area contributed by atoms with Crippen LogP contribution in [0.2, 0.25) is 0 Å². The molecule has 0 spiro atoms. The van der Waals surface area contributed by atoms with Gasteiger partial charge in [-0.25, -0.2) is 0 Å². The SMILES string of the molecule is O[C@@H](c1ccc(N(CC2CO2)C[C@@H]2CO2)cc1)[C@H]1CO1. The molecule has 0 aliphatic carbocycles. The monoisotopic (exact) mass is 277 g/mol. The lowest BCUT2D eigenvalue weighted by molar-refractivity contribution is 0.137. The first-order chi connectivity index (χ1) is 9.79. The van der Waals surface area contributed by atoms with Crippen molar-refractivity contribution in [2.45, 2.75) is 24.4 Å². The van der Waals surface area contributed by atoms with E-state index in [9.17, 15) is 5.11 Å². The number of hydrogen-bond acceptors (Lipinski definition) is 5. The van der Waals surface area contributed by atoms with Crippen LogP contribution in [0.4, 0.5) is 5.69 Å². The van der Waals surface area contributed by atoms with E-state index < -0.39 is 6.10 Å². The first-order valence-corrected chi connectivity index (χ1v) is 7.17. The van der Waals surface area contributed by atoms with Crippen LogP contribution in [-0.2, 0) is 14.2 Å². The molecule has 1 aromatic carbocycles. The standard InChI is InChI=1S/C15H19NO4/c17-15(14-9-20-14)10-1-3-11(4-2-10)16(5-12-7-18-12)6-13-8-19-13/h1-4,12-15,17H,5-9H2/t12-,13?,14-,15+/m1/s1. The minimum atomic E-state index is -0.504. The molecule has 4 atom stereocenters. The number of aliphatic hydroxyl groups is 1. The summed E-state index contributed by atoms with van der Waals surface area (Å²) < 4.78 is 15.8. The molecule has 3 fully saturated rings. The summed E-state index contributed by atoms with van der Waals surface area (Å²) in [7, 11) is 0. The van der Waals surface area contributed by atoms with Gasteiger partial charge in [0, 0.05) is 18.8 Å². The fourth-order valence-corrected chi connectivity index (χ4v) is 2.46. The molecule has 0 amide bonds. The molecule has 0 saturated carbocycles. The van der Waals surface area contributed by atoms with Gasteiger partial charge in [-0.15, -0.1) is 0 Å². The van der Waals surface area contributed by atoms with Gasteiger partial charge in [0.25, 0.3) is 0 Å². The van der Waals surface area contributed by atoms with Crippen molar-refractivity contribution in [1.29, 1.82) is 0 Å². The number of ether oxygens (including phenoxy) is 3. The van der Waals surface area contributed by atoms with Crippen molar-refractivity contribution in [1.82, 2.24) is 0 Å². The van der Waals surface area contributed by atoms with Crippen LogP contribution in [0, 0.1) is 0 Å². The Labute approximate surface area is 118 Å². The van der Waals surface area contributed by atoms with Gasteiger partial charge in [-0.2, -0.15) is 0 Å². The van der Waals surface area contributed by atoms with Crippen molar-refractivity contribution >= 4 is 5.69 Å². The van der Waals surface area contributed by atoms with Gasteiger partial charge in [0.15, 0.2) is 0 Å². The zero-order valence-electron chi connectivity index (χ0n) is 11.3. The molecule has 1 N–H and O–H groups in total. The Bertz CT molecular complexity index is 451. The third-order valence-electron chi connectivity index (χ3n) is 3.96. The Morgan fingerprint density at radius 2 is 1.55 bits per heavy atom. The van der Waals surface area contributed by atoms with Crippen LogP contribution in [0.3, 0.4) is 0 Å². The van der Waals surface area contributed by atoms with Gasteiger partial charge >= 0.3 is 0 Å². The van der Waals surface area contributed by atoms with Crippen LogP contribution in [0.5, 0.6) is 0 Å².